The molecule has 8 heteroatoms. The van der Waals surface area contributed by atoms with E-state index in [1.54, 1.807) is 0 Å². The average Bonchev–Trinajstić information content (AvgIpc) is 2.07. The van der Waals surface area contributed by atoms with Crippen LogP contribution in [0.5, 0.6) is 0 Å². The lowest BCUT2D eigenvalue weighted by Gasteiger charge is -2.09. The molecule has 0 fully saturated rings. The van der Waals surface area contributed by atoms with E-state index in [0.717, 1.165) is 0 Å². The van der Waals surface area contributed by atoms with Gasteiger partial charge in [-0.1, -0.05) is 58.0 Å². The second-order valence-electron chi connectivity index (χ2n) is 2.27. The third-order valence-corrected chi connectivity index (χ3v) is 2.55. The van der Waals surface area contributed by atoms with E-state index in [2.05, 4.69) is 9.97 Å². The number of hydrogen-bond acceptors (Lipinski definition) is 3. The minimum absolute atomic E-state index is 0.0306. The molecule has 1 aromatic heterocycles. The number of anilines is 1. The van der Waals surface area contributed by atoms with E-state index in [9.17, 15) is 0 Å². The molecule has 1 heterocycles. The highest BCUT2D eigenvalue weighted by Crippen LogP contribution is 2.36. The molecule has 1 aromatic rings. The molecule has 0 saturated heterocycles. The Morgan fingerprint density at radius 2 is 1.29 bits per heavy atom. The number of halogens is 5. The smallest absolute Gasteiger partial charge is 0.220 e. The first-order valence-corrected chi connectivity index (χ1v) is 5.45. The van der Waals surface area contributed by atoms with Gasteiger partial charge >= 0.3 is 0 Å². The van der Waals surface area contributed by atoms with Gasteiger partial charge in [0.05, 0.1) is 16.4 Å². The lowest BCUT2D eigenvalue weighted by molar-refractivity contribution is 1.03. The van der Waals surface area contributed by atoms with Crippen LogP contribution >= 0.6 is 58.0 Å². The molecule has 0 aliphatic rings. The van der Waals surface area contributed by atoms with Gasteiger partial charge in [-0.25, -0.2) is 9.97 Å². The van der Waals surface area contributed by atoms with Crippen molar-refractivity contribution in [3.63, 3.8) is 0 Å². The van der Waals surface area contributed by atoms with Crippen LogP contribution in [0.2, 0.25) is 5.02 Å². The molecular weight excluding hydrogens is 291 g/mol. The van der Waals surface area contributed by atoms with Gasteiger partial charge < -0.3 is 5.73 Å². The highest BCUT2D eigenvalue weighted by molar-refractivity contribution is 6.47. The summed E-state index contributed by atoms with van der Waals surface area (Å²) < 4.78 is 0. The van der Waals surface area contributed by atoms with Gasteiger partial charge in [-0.05, 0) is 0 Å². The number of nitrogens with zero attached hydrogens (tertiary/aromatic N) is 2. The Morgan fingerprint density at radius 1 is 0.929 bits per heavy atom. The average molecular weight is 295 g/mol. The van der Waals surface area contributed by atoms with E-state index >= 15 is 0 Å². The van der Waals surface area contributed by atoms with Gasteiger partial charge in [0.25, 0.3) is 0 Å². The van der Waals surface area contributed by atoms with E-state index in [1.807, 2.05) is 0 Å². The summed E-state index contributed by atoms with van der Waals surface area (Å²) in [4.78, 5) is 5.73. The molecule has 78 valence electrons. The first-order chi connectivity index (χ1) is 6.43. The van der Waals surface area contributed by atoms with Crippen molar-refractivity contribution in [1.82, 2.24) is 9.97 Å². The van der Waals surface area contributed by atoms with Crippen molar-refractivity contribution in [2.24, 2.45) is 0 Å². The molecule has 0 atom stereocenters. The maximum absolute atomic E-state index is 5.85. The summed E-state index contributed by atoms with van der Waals surface area (Å²) in [7, 11) is 0. The zero-order valence-electron chi connectivity index (χ0n) is 6.52. The number of rotatable bonds is 2. The SMILES string of the molecule is Nc1nc(C(Cl)Cl)c(Cl)c(C(Cl)Cl)n1. The molecule has 0 saturated carbocycles. The summed E-state index contributed by atoms with van der Waals surface area (Å²) in [6.07, 6.45) is 0. The first kappa shape index (κ1) is 12.4. The maximum Gasteiger partial charge on any atom is 0.220 e. The lowest BCUT2D eigenvalue weighted by atomic mass is 10.3. The Labute approximate surface area is 105 Å². The molecule has 14 heavy (non-hydrogen) atoms. The Hall–Kier alpha value is 0.330. The third-order valence-electron chi connectivity index (χ3n) is 1.33. The molecule has 0 unspecified atom stereocenters. The first-order valence-electron chi connectivity index (χ1n) is 3.32. The topological polar surface area (TPSA) is 51.8 Å². The molecule has 0 bridgehead atoms. The van der Waals surface area contributed by atoms with Crippen LogP contribution in [-0.4, -0.2) is 9.97 Å². The molecule has 0 spiro atoms. The number of alkyl halides is 4. The molecule has 3 nitrogen and oxygen atoms in total. The number of nitrogens with two attached hydrogens (primary N) is 1. The van der Waals surface area contributed by atoms with E-state index in [0.29, 0.717) is 0 Å². The summed E-state index contributed by atoms with van der Waals surface area (Å²) in [5.41, 5.74) is 5.78. The molecular formula is C6H4Cl5N3. The van der Waals surface area contributed by atoms with Crippen LogP contribution in [0.4, 0.5) is 5.95 Å². The van der Waals surface area contributed by atoms with Crippen molar-refractivity contribution in [3.05, 3.63) is 16.4 Å². The van der Waals surface area contributed by atoms with Crippen molar-refractivity contribution in [3.8, 4) is 0 Å². The van der Waals surface area contributed by atoms with Gasteiger partial charge in [0.15, 0.2) is 9.67 Å². The van der Waals surface area contributed by atoms with E-state index < -0.39 is 9.67 Å². The van der Waals surface area contributed by atoms with Crippen LogP contribution in [0.15, 0.2) is 0 Å². The molecule has 1 rings (SSSR count). The summed E-state index contributed by atoms with van der Waals surface area (Å²) in [5.74, 6) is -0.0306. The van der Waals surface area contributed by atoms with Crippen LogP contribution in [-0.2, 0) is 0 Å². The molecule has 0 aliphatic heterocycles. The van der Waals surface area contributed by atoms with Crippen molar-refractivity contribution in [2.75, 3.05) is 5.73 Å². The van der Waals surface area contributed by atoms with Crippen molar-refractivity contribution in [2.45, 2.75) is 9.67 Å². The number of aromatic nitrogens is 2. The van der Waals surface area contributed by atoms with Crippen LogP contribution in [0.25, 0.3) is 0 Å². The highest BCUT2D eigenvalue weighted by atomic mass is 35.5. The second-order valence-corrected chi connectivity index (χ2v) is 4.84. The molecule has 2 N–H and O–H groups in total. The largest absolute Gasteiger partial charge is 0.368 e. The van der Waals surface area contributed by atoms with Crippen molar-refractivity contribution < 1.29 is 0 Å². The van der Waals surface area contributed by atoms with Crippen LogP contribution in [0, 0.1) is 0 Å². The minimum atomic E-state index is -0.904. The van der Waals surface area contributed by atoms with Crippen LogP contribution in [0.1, 0.15) is 21.1 Å². The Balaban J connectivity index is 3.32. The highest BCUT2D eigenvalue weighted by Gasteiger charge is 2.20. The minimum Gasteiger partial charge on any atom is -0.368 e. The quantitative estimate of drug-likeness (QED) is 0.847. The number of hydrogen-bond donors (Lipinski definition) is 1. The maximum atomic E-state index is 5.85. The standard InChI is InChI=1S/C6H4Cl5N3/c7-1-2(4(8)9)13-6(12)14-3(1)5(10)11/h4-5H,(H2,12,13,14). The fraction of sp³-hybridized carbons (Fsp3) is 0.333. The molecule has 0 radical (unpaired) electrons. The van der Waals surface area contributed by atoms with Gasteiger partial charge in [-0.3, -0.25) is 0 Å². The van der Waals surface area contributed by atoms with Gasteiger partial charge in [0, 0.05) is 0 Å². The lowest BCUT2D eigenvalue weighted by Crippen LogP contribution is -2.04. The normalized spacial score (nSPS) is 11.4. The van der Waals surface area contributed by atoms with Crippen molar-refractivity contribution >= 4 is 64.0 Å². The second kappa shape index (κ2) is 4.90. The van der Waals surface area contributed by atoms with Crippen LogP contribution < -0.4 is 5.73 Å². The van der Waals surface area contributed by atoms with Crippen LogP contribution in [0.3, 0.4) is 0 Å². The van der Waals surface area contributed by atoms with E-state index in [4.69, 9.17) is 63.7 Å². The van der Waals surface area contributed by atoms with Gasteiger partial charge in [0.2, 0.25) is 5.95 Å². The summed E-state index contributed by atoms with van der Waals surface area (Å²) >= 11 is 28.3. The Bertz CT molecular complexity index is 311. The van der Waals surface area contributed by atoms with Gasteiger partial charge in [0.1, 0.15) is 0 Å². The van der Waals surface area contributed by atoms with Gasteiger partial charge in [-0.15, -0.1) is 0 Å². The zero-order chi connectivity index (χ0) is 10.9. The predicted molar refractivity (Wildman–Crippen MR) is 60.3 cm³/mol. The predicted octanol–water partition coefficient (Wildman–Crippen LogP) is 3.66. The molecule has 0 aliphatic carbocycles. The fourth-order valence-corrected chi connectivity index (χ4v) is 1.95. The monoisotopic (exact) mass is 293 g/mol. The zero-order valence-corrected chi connectivity index (χ0v) is 10.3. The number of nitrogen functional groups attached to an aromatic ring is 1. The summed E-state index contributed by atoms with van der Waals surface area (Å²) in [6, 6.07) is 0. The van der Waals surface area contributed by atoms with Crippen molar-refractivity contribution in [1.29, 1.82) is 0 Å². The molecule has 0 amide bonds. The van der Waals surface area contributed by atoms with E-state index in [-0.39, 0.29) is 22.4 Å². The Kier molecular flexibility index (Phi) is 4.34. The summed E-state index contributed by atoms with van der Waals surface area (Å²) in [5, 5.41) is 0.129. The van der Waals surface area contributed by atoms with Gasteiger partial charge in [-0.2, -0.15) is 0 Å². The third kappa shape index (κ3) is 2.67. The molecule has 0 aromatic carbocycles. The Morgan fingerprint density at radius 3 is 1.57 bits per heavy atom. The van der Waals surface area contributed by atoms with E-state index in [1.165, 1.54) is 0 Å². The fourth-order valence-electron chi connectivity index (χ4n) is 0.790. The summed E-state index contributed by atoms with van der Waals surface area (Å²) in [6.45, 7) is 0.